The summed E-state index contributed by atoms with van der Waals surface area (Å²) >= 11 is 0. The van der Waals surface area contributed by atoms with Gasteiger partial charge >= 0.3 is 11.8 Å². The summed E-state index contributed by atoms with van der Waals surface area (Å²) in [5.74, 6) is -0.553. The normalized spacial score (nSPS) is 11.9. The zero-order chi connectivity index (χ0) is 21.5. The number of carbonyl (C=O) groups excluding carboxylic acids is 2. The molecule has 2 amide bonds. The number of rotatable bonds is 7. The van der Waals surface area contributed by atoms with Gasteiger partial charge in [0, 0.05) is 13.1 Å². The van der Waals surface area contributed by atoms with Crippen LogP contribution in [-0.2, 0) is 16.1 Å². The molecule has 1 unspecified atom stereocenters. The number of ether oxygens (including phenoxy) is 1. The Bertz CT molecular complexity index is 1010. The Morgan fingerprint density at radius 3 is 2.27 bits per heavy atom. The van der Waals surface area contributed by atoms with Gasteiger partial charge in [-0.2, -0.15) is 0 Å². The predicted octanol–water partition coefficient (Wildman–Crippen LogP) is 2.88. The van der Waals surface area contributed by atoms with Crippen molar-refractivity contribution in [2.75, 3.05) is 27.7 Å². The first-order chi connectivity index (χ1) is 14.5. The molecule has 0 saturated carbocycles. The van der Waals surface area contributed by atoms with Gasteiger partial charge in [-0.15, -0.1) is 0 Å². The number of nitrogens with zero attached hydrogens (tertiary/aromatic N) is 1. The quantitative estimate of drug-likeness (QED) is 0.593. The third kappa shape index (κ3) is 5.15. The van der Waals surface area contributed by atoms with Crippen molar-refractivity contribution >= 4 is 22.6 Å². The molecule has 3 aromatic carbocycles. The average Bonchev–Trinajstić information content (AvgIpc) is 2.77. The standard InChI is InChI=1S/C24H27N3O3/c1-27(2)22(21-10-6-8-18-7-4-5-9-20(18)21)16-26-24(29)23(28)25-15-17-11-13-19(30-3)14-12-17/h4-14,22H,15-16H2,1-3H3,(H,25,28)(H,26,29). The molecule has 0 bridgehead atoms. The maximum atomic E-state index is 12.3. The Balaban J connectivity index is 1.61. The number of fused-ring (bicyclic) bond motifs is 1. The van der Waals surface area contributed by atoms with E-state index in [0.717, 1.165) is 27.6 Å². The summed E-state index contributed by atoms with van der Waals surface area (Å²) in [4.78, 5) is 26.6. The predicted molar refractivity (Wildman–Crippen MR) is 118 cm³/mol. The minimum atomic E-state index is -0.652. The molecule has 30 heavy (non-hydrogen) atoms. The highest BCUT2D eigenvalue weighted by atomic mass is 16.5. The number of nitrogens with one attached hydrogen (secondary N) is 2. The van der Waals surface area contributed by atoms with Crippen LogP contribution in [-0.4, -0.2) is 44.5 Å². The van der Waals surface area contributed by atoms with Crippen LogP contribution in [0.3, 0.4) is 0 Å². The molecule has 0 spiro atoms. The molecule has 6 heteroatoms. The zero-order valence-electron chi connectivity index (χ0n) is 17.5. The number of methoxy groups -OCH3 is 1. The van der Waals surface area contributed by atoms with Gasteiger partial charge in [0.2, 0.25) is 0 Å². The highest BCUT2D eigenvalue weighted by Gasteiger charge is 2.20. The Hall–Kier alpha value is -3.38. The van der Waals surface area contributed by atoms with Gasteiger partial charge in [0.15, 0.2) is 0 Å². The van der Waals surface area contributed by atoms with Gasteiger partial charge in [0.05, 0.1) is 13.2 Å². The number of hydrogen-bond donors (Lipinski definition) is 2. The van der Waals surface area contributed by atoms with E-state index in [2.05, 4.69) is 34.9 Å². The summed E-state index contributed by atoms with van der Waals surface area (Å²) in [6.07, 6.45) is 0. The van der Waals surface area contributed by atoms with Crippen molar-refractivity contribution in [2.45, 2.75) is 12.6 Å². The second kappa shape index (κ2) is 9.89. The Morgan fingerprint density at radius 1 is 0.900 bits per heavy atom. The van der Waals surface area contributed by atoms with E-state index >= 15 is 0 Å². The average molecular weight is 405 g/mol. The van der Waals surface area contributed by atoms with Crippen LogP contribution in [0, 0.1) is 0 Å². The van der Waals surface area contributed by atoms with E-state index in [-0.39, 0.29) is 12.6 Å². The first kappa shape index (κ1) is 21.3. The molecule has 3 rings (SSSR count). The van der Waals surface area contributed by atoms with Gasteiger partial charge < -0.3 is 20.3 Å². The molecule has 0 saturated heterocycles. The van der Waals surface area contributed by atoms with Crippen LogP contribution in [0.25, 0.3) is 10.8 Å². The molecule has 0 aliphatic rings. The van der Waals surface area contributed by atoms with Crippen LogP contribution in [0.5, 0.6) is 5.75 Å². The lowest BCUT2D eigenvalue weighted by Crippen LogP contribution is -2.42. The molecule has 0 fully saturated rings. The smallest absolute Gasteiger partial charge is 0.309 e. The van der Waals surface area contributed by atoms with E-state index in [1.165, 1.54) is 0 Å². The van der Waals surface area contributed by atoms with Crippen molar-refractivity contribution in [2.24, 2.45) is 0 Å². The fraction of sp³-hybridized carbons (Fsp3) is 0.250. The summed E-state index contributed by atoms with van der Waals surface area (Å²) in [5, 5.41) is 7.70. The maximum absolute atomic E-state index is 12.3. The second-order valence-electron chi connectivity index (χ2n) is 7.29. The third-order valence-electron chi connectivity index (χ3n) is 5.08. The molecule has 6 nitrogen and oxygen atoms in total. The fourth-order valence-corrected chi connectivity index (χ4v) is 3.39. The Labute approximate surface area is 176 Å². The summed E-state index contributed by atoms with van der Waals surface area (Å²) in [7, 11) is 5.52. The van der Waals surface area contributed by atoms with E-state index in [9.17, 15) is 9.59 Å². The first-order valence-electron chi connectivity index (χ1n) is 9.82. The minimum Gasteiger partial charge on any atom is -0.497 e. The first-order valence-corrected chi connectivity index (χ1v) is 9.82. The van der Waals surface area contributed by atoms with Gasteiger partial charge in [-0.1, -0.05) is 54.6 Å². The number of amides is 2. The molecule has 0 aromatic heterocycles. The molecular formula is C24H27N3O3. The van der Waals surface area contributed by atoms with Crippen LogP contribution in [0.1, 0.15) is 17.2 Å². The van der Waals surface area contributed by atoms with E-state index in [4.69, 9.17) is 4.74 Å². The summed E-state index contributed by atoms with van der Waals surface area (Å²) in [5.41, 5.74) is 2.00. The summed E-state index contributed by atoms with van der Waals surface area (Å²) in [6, 6.07) is 21.5. The summed E-state index contributed by atoms with van der Waals surface area (Å²) < 4.78 is 5.11. The third-order valence-corrected chi connectivity index (χ3v) is 5.08. The SMILES string of the molecule is COc1ccc(CNC(=O)C(=O)NCC(c2cccc3ccccc23)N(C)C)cc1. The van der Waals surface area contributed by atoms with Crippen LogP contribution >= 0.6 is 0 Å². The van der Waals surface area contributed by atoms with Gasteiger partial charge in [0.25, 0.3) is 0 Å². The van der Waals surface area contributed by atoms with Crippen molar-refractivity contribution in [3.8, 4) is 5.75 Å². The molecule has 0 heterocycles. The molecule has 0 aliphatic carbocycles. The van der Waals surface area contributed by atoms with E-state index < -0.39 is 11.8 Å². The fourth-order valence-electron chi connectivity index (χ4n) is 3.39. The van der Waals surface area contributed by atoms with Crippen molar-refractivity contribution in [3.63, 3.8) is 0 Å². The Kier molecular flexibility index (Phi) is 7.03. The molecule has 0 aliphatic heterocycles. The summed E-state index contributed by atoms with van der Waals surface area (Å²) in [6.45, 7) is 0.604. The minimum absolute atomic E-state index is 0.0607. The van der Waals surface area contributed by atoms with Crippen LogP contribution in [0.2, 0.25) is 0 Å². The zero-order valence-corrected chi connectivity index (χ0v) is 17.5. The van der Waals surface area contributed by atoms with E-state index in [1.54, 1.807) is 7.11 Å². The van der Waals surface area contributed by atoms with Gasteiger partial charge in [-0.3, -0.25) is 9.59 Å². The van der Waals surface area contributed by atoms with Crippen molar-refractivity contribution in [1.29, 1.82) is 0 Å². The lowest BCUT2D eigenvalue weighted by Gasteiger charge is -2.26. The molecule has 1 atom stereocenters. The number of carbonyl (C=O) groups is 2. The second-order valence-corrected chi connectivity index (χ2v) is 7.29. The topological polar surface area (TPSA) is 70.7 Å². The Morgan fingerprint density at radius 2 is 1.57 bits per heavy atom. The van der Waals surface area contributed by atoms with Crippen molar-refractivity contribution in [3.05, 3.63) is 77.9 Å². The van der Waals surface area contributed by atoms with Gasteiger partial charge in [-0.25, -0.2) is 0 Å². The number of hydrogen-bond acceptors (Lipinski definition) is 4. The highest BCUT2D eigenvalue weighted by molar-refractivity contribution is 6.35. The van der Waals surface area contributed by atoms with Crippen molar-refractivity contribution in [1.82, 2.24) is 15.5 Å². The lowest BCUT2D eigenvalue weighted by molar-refractivity contribution is -0.139. The maximum Gasteiger partial charge on any atom is 0.309 e. The van der Waals surface area contributed by atoms with Crippen LogP contribution in [0.15, 0.2) is 66.7 Å². The molecule has 2 N–H and O–H groups in total. The van der Waals surface area contributed by atoms with Crippen LogP contribution < -0.4 is 15.4 Å². The van der Waals surface area contributed by atoms with Gasteiger partial charge in [0.1, 0.15) is 5.75 Å². The largest absolute Gasteiger partial charge is 0.497 e. The monoisotopic (exact) mass is 405 g/mol. The number of benzene rings is 3. The van der Waals surface area contributed by atoms with Gasteiger partial charge in [-0.05, 0) is 48.1 Å². The van der Waals surface area contributed by atoms with Crippen molar-refractivity contribution < 1.29 is 14.3 Å². The van der Waals surface area contributed by atoms with E-state index in [0.29, 0.717) is 6.54 Å². The molecule has 0 radical (unpaired) electrons. The lowest BCUT2D eigenvalue weighted by atomic mass is 9.98. The molecular weight excluding hydrogens is 378 g/mol. The highest BCUT2D eigenvalue weighted by Crippen LogP contribution is 2.26. The molecule has 156 valence electrons. The van der Waals surface area contributed by atoms with E-state index in [1.807, 2.05) is 61.5 Å². The number of likely N-dealkylation sites (N-methyl/N-ethyl adjacent to an activating group) is 1. The van der Waals surface area contributed by atoms with Crippen LogP contribution in [0.4, 0.5) is 0 Å². The molecule has 3 aromatic rings.